The van der Waals surface area contributed by atoms with Crippen LogP contribution in [0, 0.1) is 0 Å². The van der Waals surface area contributed by atoms with E-state index in [0.717, 1.165) is 21.6 Å². The summed E-state index contributed by atoms with van der Waals surface area (Å²) in [7, 11) is 0. The third-order valence-electron chi connectivity index (χ3n) is 2.76. The normalized spacial score (nSPS) is 11.3. The molecule has 0 aliphatic carbocycles. The molecule has 4 aromatic rings. The Morgan fingerprint density at radius 3 is 2.94 bits per heavy atom. The van der Waals surface area contributed by atoms with Crippen molar-refractivity contribution >= 4 is 27.2 Å². The molecule has 0 radical (unpaired) electrons. The van der Waals surface area contributed by atoms with Gasteiger partial charge in [-0.05, 0) is 12.1 Å². The Morgan fingerprint density at radius 2 is 1.94 bits per heavy atom. The van der Waals surface area contributed by atoms with E-state index in [1.165, 1.54) is 11.3 Å². The number of aromatic nitrogens is 5. The van der Waals surface area contributed by atoms with Gasteiger partial charge in [-0.3, -0.25) is 0 Å². The number of benzene rings is 1. The van der Waals surface area contributed by atoms with Crippen LogP contribution in [0.1, 0.15) is 0 Å². The van der Waals surface area contributed by atoms with Crippen LogP contribution >= 0.6 is 11.3 Å². The van der Waals surface area contributed by atoms with Gasteiger partial charge in [-0.2, -0.15) is 9.61 Å². The van der Waals surface area contributed by atoms with Gasteiger partial charge in [0.15, 0.2) is 0 Å². The van der Waals surface area contributed by atoms with Crippen LogP contribution in [0.15, 0.2) is 41.9 Å². The van der Waals surface area contributed by atoms with E-state index in [9.17, 15) is 0 Å². The molecule has 5 nitrogen and oxygen atoms in total. The van der Waals surface area contributed by atoms with Gasteiger partial charge in [0.25, 0.3) is 0 Å². The Bertz CT molecular complexity index is 848. The van der Waals surface area contributed by atoms with Crippen LogP contribution in [-0.4, -0.2) is 24.8 Å². The maximum atomic E-state index is 4.59. The molecule has 0 spiro atoms. The Hall–Kier alpha value is -2.34. The van der Waals surface area contributed by atoms with Gasteiger partial charge in [0.05, 0.1) is 5.52 Å². The molecule has 0 N–H and O–H groups in total. The maximum Gasteiger partial charge on any atom is 0.234 e. The van der Waals surface area contributed by atoms with Crippen molar-refractivity contribution in [1.29, 1.82) is 0 Å². The molecule has 0 atom stereocenters. The zero-order chi connectivity index (χ0) is 11.9. The summed E-state index contributed by atoms with van der Waals surface area (Å²) in [4.78, 5) is 5.37. The number of hydrogen-bond donors (Lipinski definition) is 0. The predicted molar refractivity (Wildman–Crippen MR) is 69.4 cm³/mol. The zero-order valence-electron chi connectivity index (χ0n) is 9.19. The Balaban J connectivity index is 1.99. The number of rotatable bonds is 1. The van der Waals surface area contributed by atoms with Gasteiger partial charge < -0.3 is 0 Å². The average Bonchev–Trinajstić information content (AvgIpc) is 3.00. The first kappa shape index (κ1) is 9.67. The van der Waals surface area contributed by atoms with Crippen molar-refractivity contribution < 1.29 is 0 Å². The molecule has 0 aliphatic rings. The minimum atomic E-state index is 0.678. The number of hydrogen-bond acceptors (Lipinski definition) is 5. The molecule has 0 fully saturated rings. The predicted octanol–water partition coefficient (Wildman–Crippen LogP) is 2.40. The highest BCUT2D eigenvalue weighted by molar-refractivity contribution is 7.14. The number of para-hydroxylation sites is 1. The topological polar surface area (TPSA) is 56.0 Å². The Morgan fingerprint density at radius 1 is 1.00 bits per heavy atom. The summed E-state index contributed by atoms with van der Waals surface area (Å²) in [6, 6.07) is 12.0. The van der Waals surface area contributed by atoms with Crippen LogP contribution in [0.3, 0.4) is 0 Å². The van der Waals surface area contributed by atoms with Crippen LogP contribution in [0.25, 0.3) is 27.4 Å². The highest BCUT2D eigenvalue weighted by Gasteiger charge is 2.11. The third-order valence-corrected chi connectivity index (χ3v) is 3.43. The molecule has 1 aromatic carbocycles. The second-order valence-electron chi connectivity index (χ2n) is 3.85. The van der Waals surface area contributed by atoms with Crippen molar-refractivity contribution in [2.45, 2.75) is 0 Å². The quantitative estimate of drug-likeness (QED) is 0.522. The summed E-state index contributed by atoms with van der Waals surface area (Å²) >= 11 is 1.46. The zero-order valence-corrected chi connectivity index (χ0v) is 10.0. The van der Waals surface area contributed by atoms with Crippen LogP contribution in [-0.2, 0) is 0 Å². The summed E-state index contributed by atoms with van der Waals surface area (Å²) in [5, 5.41) is 13.5. The molecule has 0 bridgehead atoms. The molecule has 6 heteroatoms. The Labute approximate surface area is 106 Å². The van der Waals surface area contributed by atoms with Crippen molar-refractivity contribution in [2.24, 2.45) is 0 Å². The summed E-state index contributed by atoms with van der Waals surface area (Å²) in [5.41, 5.74) is 3.48. The SMILES string of the molecule is c1ccc2nc(-c3nnc4scnn34)ccc2c1. The van der Waals surface area contributed by atoms with Crippen molar-refractivity contribution in [2.75, 3.05) is 0 Å². The summed E-state index contributed by atoms with van der Waals surface area (Å²) in [6.45, 7) is 0. The second kappa shape index (κ2) is 3.58. The molecule has 0 unspecified atom stereocenters. The van der Waals surface area contributed by atoms with Crippen LogP contribution in [0.2, 0.25) is 0 Å². The molecule has 0 saturated carbocycles. The molecular formula is C12H7N5S. The second-order valence-corrected chi connectivity index (χ2v) is 4.66. The minimum Gasteiger partial charge on any atom is -0.244 e. The van der Waals surface area contributed by atoms with E-state index < -0.39 is 0 Å². The van der Waals surface area contributed by atoms with Gasteiger partial charge in [-0.15, -0.1) is 10.2 Å². The van der Waals surface area contributed by atoms with E-state index >= 15 is 0 Å². The lowest BCUT2D eigenvalue weighted by Gasteiger charge is -1.99. The number of pyridine rings is 1. The summed E-state index contributed by atoms with van der Waals surface area (Å²) < 4.78 is 1.71. The Kier molecular flexibility index (Phi) is 1.92. The van der Waals surface area contributed by atoms with Gasteiger partial charge in [-0.1, -0.05) is 35.6 Å². The van der Waals surface area contributed by atoms with E-state index in [1.807, 2.05) is 36.4 Å². The number of fused-ring (bicyclic) bond motifs is 2. The lowest BCUT2D eigenvalue weighted by molar-refractivity contribution is 0.959. The minimum absolute atomic E-state index is 0.678. The molecular weight excluding hydrogens is 246 g/mol. The van der Waals surface area contributed by atoms with Gasteiger partial charge in [0.1, 0.15) is 11.2 Å². The van der Waals surface area contributed by atoms with Crippen LogP contribution in [0.4, 0.5) is 0 Å². The smallest absolute Gasteiger partial charge is 0.234 e. The van der Waals surface area contributed by atoms with E-state index in [1.54, 1.807) is 10.0 Å². The van der Waals surface area contributed by atoms with E-state index in [0.29, 0.717) is 5.82 Å². The fourth-order valence-corrected chi connectivity index (χ4v) is 2.47. The summed E-state index contributed by atoms with van der Waals surface area (Å²) in [5.74, 6) is 0.678. The fourth-order valence-electron chi connectivity index (χ4n) is 1.91. The summed E-state index contributed by atoms with van der Waals surface area (Å²) in [6.07, 6.45) is 0. The largest absolute Gasteiger partial charge is 0.244 e. The molecule has 4 rings (SSSR count). The van der Waals surface area contributed by atoms with Gasteiger partial charge in [-0.25, -0.2) is 4.98 Å². The molecule has 3 aromatic heterocycles. The van der Waals surface area contributed by atoms with Gasteiger partial charge in [0.2, 0.25) is 10.8 Å². The van der Waals surface area contributed by atoms with Gasteiger partial charge in [0, 0.05) is 5.39 Å². The van der Waals surface area contributed by atoms with Crippen molar-refractivity contribution in [3.63, 3.8) is 0 Å². The number of nitrogens with zero attached hydrogens (tertiary/aromatic N) is 5. The van der Waals surface area contributed by atoms with Crippen LogP contribution < -0.4 is 0 Å². The molecule has 0 saturated heterocycles. The molecule has 86 valence electrons. The monoisotopic (exact) mass is 253 g/mol. The van der Waals surface area contributed by atoms with Crippen molar-refractivity contribution in [3.8, 4) is 11.5 Å². The molecule has 3 heterocycles. The van der Waals surface area contributed by atoms with Crippen molar-refractivity contribution in [3.05, 3.63) is 41.9 Å². The average molecular weight is 253 g/mol. The van der Waals surface area contributed by atoms with E-state index in [4.69, 9.17) is 0 Å². The first-order valence-electron chi connectivity index (χ1n) is 5.43. The van der Waals surface area contributed by atoms with Crippen molar-refractivity contribution in [1.82, 2.24) is 24.8 Å². The molecule has 0 aliphatic heterocycles. The first-order valence-corrected chi connectivity index (χ1v) is 6.31. The highest BCUT2D eigenvalue weighted by atomic mass is 32.1. The first-order chi connectivity index (χ1) is 8.92. The lowest BCUT2D eigenvalue weighted by atomic mass is 10.2. The van der Waals surface area contributed by atoms with Gasteiger partial charge >= 0.3 is 0 Å². The van der Waals surface area contributed by atoms with E-state index in [2.05, 4.69) is 20.3 Å². The maximum absolute atomic E-state index is 4.59. The lowest BCUT2D eigenvalue weighted by Crippen LogP contribution is -1.92. The fraction of sp³-hybridized carbons (Fsp3) is 0. The highest BCUT2D eigenvalue weighted by Crippen LogP contribution is 2.20. The standard InChI is InChI=1S/C12H7N5S/c1-2-4-9-8(3-1)5-6-10(14-9)11-15-16-12-17(11)13-7-18-12/h1-7H. The third kappa shape index (κ3) is 1.32. The van der Waals surface area contributed by atoms with Crippen LogP contribution in [0.5, 0.6) is 0 Å². The molecule has 18 heavy (non-hydrogen) atoms. The molecule has 0 amide bonds. The van der Waals surface area contributed by atoms with E-state index in [-0.39, 0.29) is 0 Å².